The minimum atomic E-state index is 0.0760. The summed E-state index contributed by atoms with van der Waals surface area (Å²) in [5.41, 5.74) is 2.48. The summed E-state index contributed by atoms with van der Waals surface area (Å²) in [6.45, 7) is 8.38. The number of hydrogen-bond donors (Lipinski definition) is 2. The zero-order chi connectivity index (χ0) is 13.3. The minimum Gasteiger partial charge on any atom is -0.394 e. The van der Waals surface area contributed by atoms with Crippen molar-refractivity contribution in [3.05, 3.63) is 28.2 Å². The predicted molar refractivity (Wildman–Crippen MR) is 79.2 cm³/mol. The van der Waals surface area contributed by atoms with E-state index in [0.29, 0.717) is 0 Å². The van der Waals surface area contributed by atoms with Crippen LogP contribution in [0.2, 0.25) is 0 Å². The molecule has 0 aliphatic carbocycles. The first-order valence-corrected chi connectivity index (χ1v) is 7.11. The van der Waals surface area contributed by atoms with Crippen LogP contribution in [-0.2, 0) is 0 Å². The van der Waals surface area contributed by atoms with Crippen LogP contribution in [0.15, 0.2) is 22.7 Å². The Morgan fingerprint density at radius 2 is 2.22 bits per heavy atom. The van der Waals surface area contributed by atoms with Crippen molar-refractivity contribution < 1.29 is 5.11 Å². The average Bonchev–Trinajstić information content (AvgIpc) is 2.32. The van der Waals surface area contributed by atoms with E-state index in [2.05, 4.69) is 65.1 Å². The van der Waals surface area contributed by atoms with Crippen LogP contribution in [0.3, 0.4) is 0 Å². The minimum absolute atomic E-state index is 0.0760. The van der Waals surface area contributed by atoms with Crippen LogP contribution in [0.5, 0.6) is 0 Å². The number of rotatable bonds is 2. The van der Waals surface area contributed by atoms with Crippen molar-refractivity contribution in [3.8, 4) is 0 Å². The molecule has 3 nitrogen and oxygen atoms in total. The highest BCUT2D eigenvalue weighted by Crippen LogP contribution is 2.27. The second-order valence-electron chi connectivity index (χ2n) is 5.66. The number of aryl methyl sites for hydroxylation is 1. The van der Waals surface area contributed by atoms with Gasteiger partial charge in [0.2, 0.25) is 0 Å². The standard InChI is InChI=1S/C14H21BrN2O/c1-10-6-11(4-5-13(10)15)17-9-14(2,3)16-7-12(17)8-18/h4-6,12,16,18H,7-9H2,1-3H3. The van der Waals surface area contributed by atoms with Crippen molar-refractivity contribution in [1.29, 1.82) is 0 Å². The molecule has 1 unspecified atom stereocenters. The molecular weight excluding hydrogens is 292 g/mol. The highest BCUT2D eigenvalue weighted by molar-refractivity contribution is 9.10. The van der Waals surface area contributed by atoms with E-state index in [-0.39, 0.29) is 18.2 Å². The summed E-state index contributed by atoms with van der Waals surface area (Å²) in [6.07, 6.45) is 0. The molecule has 100 valence electrons. The third-order valence-corrected chi connectivity index (χ3v) is 4.40. The summed E-state index contributed by atoms with van der Waals surface area (Å²) >= 11 is 3.53. The summed E-state index contributed by atoms with van der Waals surface area (Å²) in [5, 5.41) is 13.0. The highest BCUT2D eigenvalue weighted by atomic mass is 79.9. The van der Waals surface area contributed by atoms with Gasteiger partial charge >= 0.3 is 0 Å². The maximum atomic E-state index is 9.53. The summed E-state index contributed by atoms with van der Waals surface area (Å²) in [4.78, 5) is 2.30. The third-order valence-electron chi connectivity index (χ3n) is 3.51. The SMILES string of the molecule is Cc1cc(N2CC(C)(C)NCC2CO)ccc1Br. The molecule has 2 rings (SSSR count). The molecule has 2 N–H and O–H groups in total. The maximum Gasteiger partial charge on any atom is 0.0647 e. The first kappa shape index (κ1) is 13.8. The normalized spacial score (nSPS) is 23.2. The van der Waals surface area contributed by atoms with Gasteiger partial charge in [-0.1, -0.05) is 15.9 Å². The van der Waals surface area contributed by atoms with Gasteiger partial charge in [-0.05, 0) is 44.5 Å². The Hall–Kier alpha value is -0.580. The molecule has 1 saturated heterocycles. The number of hydrogen-bond acceptors (Lipinski definition) is 3. The number of nitrogens with one attached hydrogen (secondary N) is 1. The molecule has 1 heterocycles. The molecule has 0 aromatic heterocycles. The van der Waals surface area contributed by atoms with E-state index < -0.39 is 0 Å². The van der Waals surface area contributed by atoms with Crippen molar-refractivity contribution in [2.45, 2.75) is 32.4 Å². The predicted octanol–water partition coefficient (Wildman–Crippen LogP) is 2.31. The fourth-order valence-corrected chi connectivity index (χ4v) is 2.63. The van der Waals surface area contributed by atoms with Gasteiger partial charge in [-0.2, -0.15) is 0 Å². The molecule has 0 spiro atoms. The third kappa shape index (κ3) is 2.87. The Morgan fingerprint density at radius 3 is 2.83 bits per heavy atom. The van der Waals surface area contributed by atoms with Crippen LogP contribution in [0.4, 0.5) is 5.69 Å². The largest absolute Gasteiger partial charge is 0.394 e. The lowest BCUT2D eigenvalue weighted by Gasteiger charge is -2.45. The molecule has 1 aliphatic rings. The first-order valence-electron chi connectivity index (χ1n) is 6.31. The number of aliphatic hydroxyl groups excluding tert-OH is 1. The average molecular weight is 313 g/mol. The summed E-state index contributed by atoms with van der Waals surface area (Å²) in [5.74, 6) is 0. The van der Waals surface area contributed by atoms with Crippen LogP contribution >= 0.6 is 15.9 Å². The lowest BCUT2D eigenvalue weighted by Crippen LogP contribution is -2.62. The van der Waals surface area contributed by atoms with Gasteiger partial charge in [-0.25, -0.2) is 0 Å². The summed E-state index contributed by atoms with van der Waals surface area (Å²) in [7, 11) is 0. The fourth-order valence-electron chi connectivity index (χ4n) is 2.39. The van der Waals surface area contributed by atoms with E-state index in [4.69, 9.17) is 0 Å². The zero-order valence-electron chi connectivity index (χ0n) is 11.2. The van der Waals surface area contributed by atoms with Crippen molar-refractivity contribution in [2.24, 2.45) is 0 Å². The number of aliphatic hydroxyl groups is 1. The molecule has 0 amide bonds. The van der Waals surface area contributed by atoms with Gasteiger partial charge in [0.05, 0.1) is 12.6 Å². The number of halogens is 1. The second kappa shape index (κ2) is 5.19. The molecule has 1 aliphatic heterocycles. The van der Waals surface area contributed by atoms with E-state index in [1.807, 2.05) is 0 Å². The molecule has 0 saturated carbocycles. The Labute approximate surface area is 117 Å². The molecule has 1 aromatic carbocycles. The van der Waals surface area contributed by atoms with Gasteiger partial charge in [0.15, 0.2) is 0 Å². The van der Waals surface area contributed by atoms with E-state index in [1.54, 1.807) is 0 Å². The number of anilines is 1. The topological polar surface area (TPSA) is 35.5 Å². The van der Waals surface area contributed by atoms with Gasteiger partial charge in [0, 0.05) is 28.8 Å². The number of piperazine rings is 1. The fraction of sp³-hybridized carbons (Fsp3) is 0.571. The molecule has 1 fully saturated rings. The Balaban J connectivity index is 2.29. The number of nitrogens with zero attached hydrogens (tertiary/aromatic N) is 1. The molecule has 4 heteroatoms. The lowest BCUT2D eigenvalue weighted by atomic mass is 9.98. The van der Waals surface area contributed by atoms with Crippen LogP contribution in [0.25, 0.3) is 0 Å². The Bertz CT molecular complexity index is 434. The van der Waals surface area contributed by atoms with E-state index in [1.165, 1.54) is 11.3 Å². The molecular formula is C14H21BrN2O. The quantitative estimate of drug-likeness (QED) is 0.879. The first-order chi connectivity index (χ1) is 8.43. The van der Waals surface area contributed by atoms with Crippen molar-refractivity contribution in [3.63, 3.8) is 0 Å². The molecule has 0 bridgehead atoms. The van der Waals surface area contributed by atoms with E-state index >= 15 is 0 Å². The van der Waals surface area contributed by atoms with Crippen molar-refractivity contribution in [2.75, 3.05) is 24.6 Å². The van der Waals surface area contributed by atoms with Crippen LogP contribution in [-0.4, -0.2) is 36.4 Å². The van der Waals surface area contributed by atoms with Crippen LogP contribution in [0.1, 0.15) is 19.4 Å². The number of benzene rings is 1. The van der Waals surface area contributed by atoms with Crippen LogP contribution in [0, 0.1) is 6.92 Å². The summed E-state index contributed by atoms with van der Waals surface area (Å²) in [6, 6.07) is 6.52. The molecule has 0 radical (unpaired) electrons. The Kier molecular flexibility index (Phi) is 3.99. The van der Waals surface area contributed by atoms with Gasteiger partial charge < -0.3 is 15.3 Å². The zero-order valence-corrected chi connectivity index (χ0v) is 12.8. The molecule has 1 atom stereocenters. The van der Waals surface area contributed by atoms with Gasteiger partial charge in [0.25, 0.3) is 0 Å². The van der Waals surface area contributed by atoms with E-state index in [9.17, 15) is 5.11 Å². The van der Waals surface area contributed by atoms with Crippen molar-refractivity contribution >= 4 is 21.6 Å². The molecule has 1 aromatic rings. The van der Waals surface area contributed by atoms with Crippen molar-refractivity contribution in [1.82, 2.24) is 5.32 Å². The van der Waals surface area contributed by atoms with E-state index in [0.717, 1.165) is 17.6 Å². The smallest absolute Gasteiger partial charge is 0.0647 e. The van der Waals surface area contributed by atoms with Gasteiger partial charge in [0.1, 0.15) is 0 Å². The Morgan fingerprint density at radius 1 is 1.50 bits per heavy atom. The van der Waals surface area contributed by atoms with Gasteiger partial charge in [-0.15, -0.1) is 0 Å². The molecule has 18 heavy (non-hydrogen) atoms. The highest BCUT2D eigenvalue weighted by Gasteiger charge is 2.32. The second-order valence-corrected chi connectivity index (χ2v) is 6.52. The lowest BCUT2D eigenvalue weighted by molar-refractivity contribution is 0.215. The van der Waals surface area contributed by atoms with Crippen LogP contribution < -0.4 is 10.2 Å². The summed E-state index contributed by atoms with van der Waals surface area (Å²) < 4.78 is 1.13. The monoisotopic (exact) mass is 312 g/mol. The van der Waals surface area contributed by atoms with Gasteiger partial charge in [-0.3, -0.25) is 0 Å². The maximum absolute atomic E-state index is 9.53.